The lowest BCUT2D eigenvalue weighted by atomic mass is 10.2. The number of aromatic nitrogens is 1. The van der Waals surface area contributed by atoms with Crippen LogP contribution in [-0.2, 0) is 16.3 Å². The Balaban J connectivity index is 1.86. The quantitative estimate of drug-likeness (QED) is 0.764. The van der Waals surface area contributed by atoms with Crippen LogP contribution in [-0.4, -0.2) is 22.6 Å². The van der Waals surface area contributed by atoms with Crippen LogP contribution in [0.2, 0.25) is 0 Å². The Labute approximate surface area is 141 Å². The first kappa shape index (κ1) is 16.3. The highest BCUT2D eigenvalue weighted by Gasteiger charge is 2.07. The van der Waals surface area contributed by atoms with E-state index in [1.54, 1.807) is 31.5 Å². The second-order valence-electron chi connectivity index (χ2n) is 5.47. The first-order chi connectivity index (χ1) is 11.5. The van der Waals surface area contributed by atoms with Gasteiger partial charge in [-0.15, -0.1) is 0 Å². The molecule has 0 saturated heterocycles. The monoisotopic (exact) mass is 342 g/mol. The van der Waals surface area contributed by atoms with Crippen molar-refractivity contribution in [1.82, 2.24) is 4.98 Å². The molecule has 0 aliphatic heterocycles. The van der Waals surface area contributed by atoms with Crippen molar-refractivity contribution in [2.24, 2.45) is 0 Å². The molecule has 5 nitrogen and oxygen atoms in total. The SMILES string of the molecule is COc1ccc2c(OCc3cccc([S@@](C)(=N)=O)c3)ccnc2c1. The van der Waals surface area contributed by atoms with Crippen LogP contribution in [0.25, 0.3) is 10.9 Å². The molecule has 24 heavy (non-hydrogen) atoms. The van der Waals surface area contributed by atoms with Gasteiger partial charge in [-0.3, -0.25) is 4.98 Å². The number of methoxy groups -OCH3 is 1. The molecule has 0 aliphatic carbocycles. The minimum Gasteiger partial charge on any atom is -0.497 e. The van der Waals surface area contributed by atoms with Gasteiger partial charge < -0.3 is 9.47 Å². The first-order valence-corrected chi connectivity index (χ1v) is 9.32. The van der Waals surface area contributed by atoms with Gasteiger partial charge in [-0.2, -0.15) is 0 Å². The van der Waals surface area contributed by atoms with Crippen LogP contribution in [0.3, 0.4) is 0 Å². The highest BCUT2D eigenvalue weighted by Crippen LogP contribution is 2.27. The summed E-state index contributed by atoms with van der Waals surface area (Å²) in [5.41, 5.74) is 1.66. The predicted octanol–water partition coefficient (Wildman–Crippen LogP) is 3.86. The van der Waals surface area contributed by atoms with Crippen molar-refractivity contribution in [3.05, 3.63) is 60.3 Å². The molecule has 1 heterocycles. The van der Waals surface area contributed by atoms with Crippen LogP contribution in [0.5, 0.6) is 11.5 Å². The van der Waals surface area contributed by atoms with Crippen LogP contribution in [0.15, 0.2) is 59.6 Å². The normalized spacial score (nSPS) is 13.4. The zero-order valence-electron chi connectivity index (χ0n) is 13.5. The van der Waals surface area contributed by atoms with Gasteiger partial charge in [-0.1, -0.05) is 12.1 Å². The molecule has 1 N–H and O–H groups in total. The van der Waals surface area contributed by atoms with Crippen molar-refractivity contribution < 1.29 is 13.7 Å². The minimum atomic E-state index is -2.73. The van der Waals surface area contributed by atoms with Gasteiger partial charge in [0.2, 0.25) is 0 Å². The maximum atomic E-state index is 11.9. The molecule has 1 aromatic heterocycles. The second kappa shape index (κ2) is 6.49. The molecule has 0 aliphatic rings. The summed E-state index contributed by atoms with van der Waals surface area (Å²) in [6.07, 6.45) is 3.10. The Morgan fingerprint density at radius 1 is 1.17 bits per heavy atom. The average Bonchev–Trinajstić information content (AvgIpc) is 2.59. The smallest absolute Gasteiger partial charge is 0.130 e. The summed E-state index contributed by atoms with van der Waals surface area (Å²) in [5.74, 6) is 1.46. The lowest BCUT2D eigenvalue weighted by molar-refractivity contribution is 0.309. The fourth-order valence-corrected chi connectivity index (χ4v) is 3.11. The fourth-order valence-electron chi connectivity index (χ4n) is 2.39. The molecule has 2 aromatic carbocycles. The number of fused-ring (bicyclic) bond motifs is 1. The van der Waals surface area contributed by atoms with Crippen molar-refractivity contribution in [2.45, 2.75) is 11.5 Å². The van der Waals surface area contributed by atoms with E-state index in [0.717, 1.165) is 28.0 Å². The molecule has 0 fully saturated rings. The van der Waals surface area contributed by atoms with Crippen LogP contribution in [0.4, 0.5) is 0 Å². The van der Waals surface area contributed by atoms with Crippen molar-refractivity contribution in [2.75, 3.05) is 13.4 Å². The number of ether oxygens (including phenoxy) is 2. The summed E-state index contributed by atoms with van der Waals surface area (Å²) < 4.78 is 30.7. The van der Waals surface area contributed by atoms with E-state index in [4.69, 9.17) is 14.3 Å². The van der Waals surface area contributed by atoms with Gasteiger partial charge in [-0.25, -0.2) is 8.99 Å². The topological polar surface area (TPSA) is 72.3 Å². The third kappa shape index (κ3) is 3.49. The number of nitrogens with zero attached hydrogens (tertiary/aromatic N) is 1. The molecule has 0 unspecified atom stereocenters. The van der Waals surface area contributed by atoms with Crippen molar-refractivity contribution in [3.8, 4) is 11.5 Å². The van der Waals surface area contributed by atoms with Gasteiger partial charge in [0.25, 0.3) is 0 Å². The Morgan fingerprint density at radius 2 is 2.00 bits per heavy atom. The molecule has 1 atom stereocenters. The van der Waals surface area contributed by atoms with Crippen molar-refractivity contribution in [3.63, 3.8) is 0 Å². The maximum Gasteiger partial charge on any atom is 0.130 e. The number of nitrogens with one attached hydrogen (secondary N) is 1. The van der Waals surface area contributed by atoms with Gasteiger partial charge in [0, 0.05) is 28.8 Å². The maximum absolute atomic E-state index is 11.9. The molecule has 0 radical (unpaired) electrons. The van der Waals surface area contributed by atoms with E-state index in [1.807, 2.05) is 30.3 Å². The van der Waals surface area contributed by atoms with Crippen LogP contribution >= 0.6 is 0 Å². The Hall–Kier alpha value is -2.60. The molecule has 0 amide bonds. The Bertz CT molecular complexity index is 984. The summed E-state index contributed by atoms with van der Waals surface area (Å²) in [5, 5.41) is 0.897. The number of benzene rings is 2. The number of hydrogen-bond acceptors (Lipinski definition) is 5. The largest absolute Gasteiger partial charge is 0.497 e. The van der Waals surface area contributed by atoms with E-state index in [9.17, 15) is 4.21 Å². The third-order valence-corrected chi connectivity index (χ3v) is 4.81. The lowest BCUT2D eigenvalue weighted by Crippen LogP contribution is -2.00. The van der Waals surface area contributed by atoms with Gasteiger partial charge in [0.05, 0.1) is 22.4 Å². The van der Waals surface area contributed by atoms with Crippen molar-refractivity contribution in [1.29, 1.82) is 4.78 Å². The summed E-state index contributed by atoms with van der Waals surface area (Å²) in [6, 6.07) is 14.6. The first-order valence-electron chi connectivity index (χ1n) is 7.36. The predicted molar refractivity (Wildman–Crippen MR) is 94.1 cm³/mol. The van der Waals surface area contributed by atoms with Crippen LogP contribution in [0.1, 0.15) is 5.56 Å². The third-order valence-electron chi connectivity index (χ3n) is 3.65. The van der Waals surface area contributed by atoms with Crippen molar-refractivity contribution >= 4 is 20.6 Å². The minimum absolute atomic E-state index is 0.328. The fraction of sp³-hybridized carbons (Fsp3) is 0.167. The van der Waals surface area contributed by atoms with Crippen LogP contribution < -0.4 is 9.47 Å². The summed E-state index contributed by atoms with van der Waals surface area (Å²) in [6.45, 7) is 0.328. The molecule has 6 heteroatoms. The highest BCUT2D eigenvalue weighted by molar-refractivity contribution is 7.91. The van der Waals surface area contributed by atoms with Gasteiger partial charge in [0.15, 0.2) is 0 Å². The Kier molecular flexibility index (Phi) is 4.40. The summed E-state index contributed by atoms with van der Waals surface area (Å²) in [4.78, 5) is 4.84. The van der Waals surface area contributed by atoms with E-state index < -0.39 is 9.73 Å². The molecular formula is C18H18N2O3S. The van der Waals surface area contributed by atoms with E-state index in [1.165, 1.54) is 6.26 Å². The highest BCUT2D eigenvalue weighted by atomic mass is 32.2. The van der Waals surface area contributed by atoms with Gasteiger partial charge >= 0.3 is 0 Å². The number of pyridine rings is 1. The standard InChI is InChI=1S/C18H18N2O3S/c1-22-14-6-7-16-17(11-14)20-9-8-18(16)23-12-13-4-3-5-15(10-13)24(2,19)21/h3-11,19H,12H2,1-2H3/t24-/m0/s1. The van der Waals surface area contributed by atoms with Gasteiger partial charge in [-0.05, 0) is 35.9 Å². The summed E-state index contributed by atoms with van der Waals surface area (Å²) in [7, 11) is -1.11. The zero-order valence-corrected chi connectivity index (χ0v) is 14.3. The lowest BCUT2D eigenvalue weighted by Gasteiger charge is -2.11. The molecule has 0 saturated carbocycles. The zero-order chi connectivity index (χ0) is 17.2. The molecule has 124 valence electrons. The molecule has 3 rings (SSSR count). The number of rotatable bonds is 5. The molecule has 0 spiro atoms. The van der Waals surface area contributed by atoms with E-state index in [2.05, 4.69) is 4.98 Å². The average molecular weight is 342 g/mol. The van der Waals surface area contributed by atoms with Crippen LogP contribution in [0, 0.1) is 4.78 Å². The van der Waals surface area contributed by atoms with E-state index >= 15 is 0 Å². The molecule has 0 bridgehead atoms. The van der Waals surface area contributed by atoms with E-state index in [0.29, 0.717) is 11.5 Å². The number of hydrogen-bond donors (Lipinski definition) is 1. The summed E-state index contributed by atoms with van der Waals surface area (Å²) >= 11 is 0. The van der Waals surface area contributed by atoms with E-state index in [-0.39, 0.29) is 0 Å². The Morgan fingerprint density at radius 3 is 2.75 bits per heavy atom. The second-order valence-corrected chi connectivity index (χ2v) is 7.63. The van der Waals surface area contributed by atoms with Gasteiger partial charge in [0.1, 0.15) is 18.1 Å². The molecule has 3 aromatic rings. The molecular weight excluding hydrogens is 324 g/mol.